The molecule has 0 bridgehead atoms. The largest absolute Gasteiger partial charge is 0.333 e. The van der Waals surface area contributed by atoms with Crippen LogP contribution >= 0.6 is 10.2 Å². The van der Waals surface area contributed by atoms with Crippen molar-refractivity contribution in [3.8, 4) is 0 Å². The van der Waals surface area contributed by atoms with Gasteiger partial charge in [-0.25, -0.2) is 4.98 Å². The van der Waals surface area contributed by atoms with E-state index in [1.165, 1.54) is 0 Å². The third-order valence-corrected chi connectivity index (χ3v) is 1.90. The Morgan fingerprint density at radius 2 is 2.00 bits per heavy atom. The number of pyridine rings is 1. The molecule has 0 spiro atoms. The minimum absolute atomic E-state index is 0.690. The van der Waals surface area contributed by atoms with Gasteiger partial charge in [0.05, 0.1) is 0 Å². The quantitative estimate of drug-likeness (QED) is 0.735. The van der Waals surface area contributed by atoms with E-state index in [0.717, 1.165) is 5.82 Å². The molecule has 0 aliphatic rings. The molecule has 0 aliphatic carbocycles. The second-order valence-corrected chi connectivity index (χ2v) is 7.03. The summed E-state index contributed by atoms with van der Waals surface area (Å²) >= 11 is 0. The molecule has 0 unspecified atom stereocenters. The molecule has 1 aromatic heterocycles. The van der Waals surface area contributed by atoms with Crippen LogP contribution in [0.4, 0.5) is 5.82 Å². The molecule has 1 rings (SSSR count). The zero-order valence-corrected chi connectivity index (χ0v) is 7.98. The van der Waals surface area contributed by atoms with Crippen molar-refractivity contribution >= 4 is 16.0 Å². The van der Waals surface area contributed by atoms with Gasteiger partial charge in [-0.3, -0.25) is 0 Å². The number of hydrogen-bond donors (Lipinski definition) is 1. The third kappa shape index (κ3) is 3.28. The smallest absolute Gasteiger partial charge is 0.134 e. The molecule has 62 valence electrons. The zero-order chi connectivity index (χ0) is 8.32. The average Bonchev–Trinajstić information content (AvgIpc) is 1.85. The molecular weight excluding hydrogens is 156 g/mol. The number of nitrogens with zero attached hydrogens (tertiary/aromatic N) is 1. The van der Waals surface area contributed by atoms with Crippen LogP contribution in [-0.4, -0.2) is 23.8 Å². The number of anilines is 1. The Balaban J connectivity index is 2.66. The van der Waals surface area contributed by atoms with Crippen LogP contribution in [0, 0.1) is 0 Å². The first kappa shape index (κ1) is 8.40. The summed E-state index contributed by atoms with van der Waals surface area (Å²) in [6.45, 7) is 0. The van der Waals surface area contributed by atoms with Gasteiger partial charge in [0.15, 0.2) is 0 Å². The van der Waals surface area contributed by atoms with E-state index < -0.39 is 10.2 Å². The SMILES string of the molecule is CS(C)(C)Nc1ccccn1. The van der Waals surface area contributed by atoms with Gasteiger partial charge in [-0.2, -0.15) is 10.2 Å². The van der Waals surface area contributed by atoms with Crippen molar-refractivity contribution in [1.82, 2.24) is 4.98 Å². The first-order valence-electron chi connectivity index (χ1n) is 3.45. The van der Waals surface area contributed by atoms with Gasteiger partial charge in [0.2, 0.25) is 0 Å². The van der Waals surface area contributed by atoms with Crippen molar-refractivity contribution in [1.29, 1.82) is 0 Å². The van der Waals surface area contributed by atoms with E-state index in [1.54, 1.807) is 6.20 Å². The van der Waals surface area contributed by atoms with Gasteiger partial charge >= 0.3 is 0 Å². The second kappa shape index (κ2) is 3.13. The van der Waals surface area contributed by atoms with Crippen molar-refractivity contribution in [2.24, 2.45) is 0 Å². The summed E-state index contributed by atoms with van der Waals surface area (Å²) in [5.41, 5.74) is 0. The van der Waals surface area contributed by atoms with Gasteiger partial charge in [-0.15, -0.1) is 0 Å². The fraction of sp³-hybridized carbons (Fsp3) is 0.375. The molecule has 0 saturated carbocycles. The summed E-state index contributed by atoms with van der Waals surface area (Å²) in [6, 6.07) is 5.89. The van der Waals surface area contributed by atoms with E-state index in [9.17, 15) is 0 Å². The van der Waals surface area contributed by atoms with Crippen molar-refractivity contribution in [2.75, 3.05) is 23.5 Å². The predicted octanol–water partition coefficient (Wildman–Crippen LogP) is 2.10. The van der Waals surface area contributed by atoms with E-state index in [-0.39, 0.29) is 0 Å². The van der Waals surface area contributed by atoms with Crippen molar-refractivity contribution in [3.63, 3.8) is 0 Å². The highest BCUT2D eigenvalue weighted by atomic mass is 32.3. The molecule has 1 heterocycles. The van der Waals surface area contributed by atoms with E-state index in [0.29, 0.717) is 0 Å². The fourth-order valence-electron chi connectivity index (χ4n) is 0.737. The highest BCUT2D eigenvalue weighted by Crippen LogP contribution is 2.33. The van der Waals surface area contributed by atoms with Gasteiger partial charge < -0.3 is 4.72 Å². The van der Waals surface area contributed by atoms with Gasteiger partial charge in [0, 0.05) is 6.20 Å². The molecule has 0 atom stereocenters. The van der Waals surface area contributed by atoms with Gasteiger partial charge in [-0.1, -0.05) is 6.07 Å². The fourth-order valence-corrected chi connectivity index (χ4v) is 1.48. The van der Waals surface area contributed by atoms with E-state index in [2.05, 4.69) is 28.5 Å². The topological polar surface area (TPSA) is 24.9 Å². The molecule has 0 aromatic carbocycles. The van der Waals surface area contributed by atoms with Crippen LogP contribution in [0.1, 0.15) is 0 Å². The zero-order valence-electron chi connectivity index (χ0n) is 7.16. The number of rotatable bonds is 2. The van der Waals surface area contributed by atoms with E-state index in [4.69, 9.17) is 0 Å². The lowest BCUT2D eigenvalue weighted by Gasteiger charge is -2.27. The standard InChI is InChI=1S/C8H14N2S/c1-11(2,3)10-8-6-4-5-7-9-8/h4-7H,1-3H3,(H,9,10). The molecule has 11 heavy (non-hydrogen) atoms. The maximum atomic E-state index is 4.17. The summed E-state index contributed by atoms with van der Waals surface area (Å²) in [6.07, 6.45) is 8.39. The monoisotopic (exact) mass is 170 g/mol. The van der Waals surface area contributed by atoms with Gasteiger partial charge in [-0.05, 0) is 30.9 Å². The van der Waals surface area contributed by atoms with Gasteiger partial charge in [0.25, 0.3) is 0 Å². The van der Waals surface area contributed by atoms with Crippen LogP contribution in [-0.2, 0) is 0 Å². The van der Waals surface area contributed by atoms with E-state index >= 15 is 0 Å². The van der Waals surface area contributed by atoms with Crippen LogP contribution in [0.3, 0.4) is 0 Å². The first-order chi connectivity index (χ1) is 5.08. The predicted molar refractivity (Wildman–Crippen MR) is 53.2 cm³/mol. The van der Waals surface area contributed by atoms with Crippen molar-refractivity contribution < 1.29 is 0 Å². The minimum Gasteiger partial charge on any atom is -0.333 e. The molecule has 1 aromatic rings. The number of aromatic nitrogens is 1. The Labute approximate surface area is 69.5 Å². The molecule has 2 nitrogen and oxygen atoms in total. The van der Waals surface area contributed by atoms with Gasteiger partial charge in [0.1, 0.15) is 5.82 Å². The number of hydrogen-bond acceptors (Lipinski definition) is 2. The highest BCUT2D eigenvalue weighted by Gasteiger charge is 2.02. The molecule has 0 aliphatic heterocycles. The summed E-state index contributed by atoms with van der Waals surface area (Å²) < 4.78 is 3.35. The summed E-state index contributed by atoms with van der Waals surface area (Å²) in [7, 11) is -0.690. The van der Waals surface area contributed by atoms with E-state index in [1.807, 2.05) is 18.2 Å². The summed E-state index contributed by atoms with van der Waals surface area (Å²) in [4.78, 5) is 4.17. The summed E-state index contributed by atoms with van der Waals surface area (Å²) in [5.74, 6) is 0.968. The van der Waals surface area contributed by atoms with Crippen molar-refractivity contribution in [3.05, 3.63) is 24.4 Å². The third-order valence-electron chi connectivity index (χ3n) is 1.08. The first-order valence-corrected chi connectivity index (χ1v) is 6.31. The molecule has 0 saturated heterocycles. The van der Waals surface area contributed by atoms with Crippen LogP contribution in [0.15, 0.2) is 24.4 Å². The molecule has 0 radical (unpaired) electrons. The minimum atomic E-state index is -0.690. The molecule has 0 amide bonds. The average molecular weight is 170 g/mol. The lowest BCUT2D eigenvalue weighted by Crippen LogP contribution is -2.05. The lowest BCUT2D eigenvalue weighted by atomic mass is 10.5. The number of nitrogens with one attached hydrogen (secondary N) is 1. The van der Waals surface area contributed by atoms with Crippen LogP contribution in [0.5, 0.6) is 0 Å². The van der Waals surface area contributed by atoms with Crippen LogP contribution in [0.25, 0.3) is 0 Å². The Morgan fingerprint density at radius 1 is 1.27 bits per heavy atom. The Morgan fingerprint density at radius 3 is 2.45 bits per heavy atom. The highest BCUT2D eigenvalue weighted by molar-refractivity contribution is 8.33. The Bertz CT molecular complexity index is 215. The molecule has 3 heteroatoms. The second-order valence-electron chi connectivity index (χ2n) is 3.15. The maximum Gasteiger partial charge on any atom is 0.134 e. The molecule has 1 N–H and O–H groups in total. The molecular formula is C8H14N2S. The van der Waals surface area contributed by atoms with Crippen LogP contribution in [0.2, 0.25) is 0 Å². The van der Waals surface area contributed by atoms with Crippen molar-refractivity contribution in [2.45, 2.75) is 0 Å². The van der Waals surface area contributed by atoms with Crippen LogP contribution < -0.4 is 4.72 Å². The Hall–Kier alpha value is -0.700. The molecule has 0 fully saturated rings. The normalized spacial score (nSPS) is 12.6. The lowest BCUT2D eigenvalue weighted by molar-refractivity contribution is 1.33. The summed E-state index contributed by atoms with van der Waals surface area (Å²) in [5, 5.41) is 0. The Kier molecular flexibility index (Phi) is 2.39. The maximum absolute atomic E-state index is 4.17.